The topological polar surface area (TPSA) is 60.7 Å². The van der Waals surface area contributed by atoms with Gasteiger partial charge in [-0.05, 0) is 0 Å². The molecule has 0 saturated carbocycles. The molecule has 0 aliphatic heterocycles. The van der Waals surface area contributed by atoms with Crippen LogP contribution in [0.1, 0.15) is 6.42 Å². The van der Waals surface area contributed by atoms with Crippen LogP contribution in [0, 0.1) is 0 Å². The van der Waals surface area contributed by atoms with Crippen molar-refractivity contribution in [2.24, 2.45) is 0 Å². The maximum atomic E-state index is 8.12. The van der Waals surface area contributed by atoms with Crippen molar-refractivity contribution in [1.29, 1.82) is 0 Å². The highest BCUT2D eigenvalue weighted by Crippen LogP contribution is 2.01. The van der Waals surface area contributed by atoms with Gasteiger partial charge in [0.2, 0.25) is 0 Å². The predicted molar refractivity (Wildman–Crippen MR) is 32.9 cm³/mol. The van der Waals surface area contributed by atoms with E-state index in [1.165, 1.54) is 0 Å². The lowest BCUT2D eigenvalue weighted by Crippen LogP contribution is -2.27. The Labute approximate surface area is 55.1 Å². The number of aliphatic hydroxyl groups is 3. The van der Waals surface area contributed by atoms with Crippen LogP contribution in [-0.4, -0.2) is 25.7 Å². The van der Waals surface area contributed by atoms with Crippen LogP contribution in [0.3, 0.4) is 0 Å². The molecule has 0 amide bonds. The minimum atomic E-state index is -2.46. The zero-order valence-electron chi connectivity index (χ0n) is 3.63. The zero-order chi connectivity index (χ0) is 5.91. The Morgan fingerprint density at radius 1 is 1.29 bits per heavy atom. The maximum absolute atomic E-state index is 8.12. The lowest BCUT2D eigenvalue weighted by atomic mass is 10.4. The van der Waals surface area contributed by atoms with E-state index in [4.69, 9.17) is 15.3 Å². The summed E-state index contributed by atoms with van der Waals surface area (Å²) in [6.45, 7) is 0. The summed E-state index contributed by atoms with van der Waals surface area (Å²) in [7, 11) is 0. The van der Waals surface area contributed by atoms with E-state index in [1.807, 2.05) is 22.6 Å². The molecule has 0 unspecified atom stereocenters. The summed E-state index contributed by atoms with van der Waals surface area (Å²) in [5, 5.41) is 24.4. The Bertz CT molecular complexity index is 48.6. The molecule has 0 aliphatic rings. The molecule has 44 valence electrons. The van der Waals surface area contributed by atoms with Gasteiger partial charge in [-0.15, -0.1) is 0 Å². The minimum absolute atomic E-state index is 0.00639. The van der Waals surface area contributed by atoms with Gasteiger partial charge in [0.1, 0.15) is 0 Å². The van der Waals surface area contributed by atoms with Gasteiger partial charge < -0.3 is 15.3 Å². The number of hydrogen-bond acceptors (Lipinski definition) is 3. The molecule has 0 aromatic carbocycles. The summed E-state index contributed by atoms with van der Waals surface area (Å²) in [6.07, 6.45) is -0.00639. The molecule has 0 fully saturated rings. The number of alkyl halides is 1. The Morgan fingerprint density at radius 2 is 1.71 bits per heavy atom. The van der Waals surface area contributed by atoms with E-state index in [0.717, 1.165) is 0 Å². The molecular formula is C3H7IO3. The van der Waals surface area contributed by atoms with Crippen LogP contribution in [0.5, 0.6) is 0 Å². The molecule has 3 N–H and O–H groups in total. The van der Waals surface area contributed by atoms with Gasteiger partial charge in [-0.1, -0.05) is 22.6 Å². The van der Waals surface area contributed by atoms with Crippen molar-refractivity contribution in [2.45, 2.75) is 12.4 Å². The Kier molecular flexibility index (Phi) is 3.05. The van der Waals surface area contributed by atoms with Crippen molar-refractivity contribution in [3.05, 3.63) is 0 Å². The zero-order valence-corrected chi connectivity index (χ0v) is 5.79. The van der Waals surface area contributed by atoms with Crippen molar-refractivity contribution < 1.29 is 15.3 Å². The third-order valence-corrected chi connectivity index (χ3v) is 0.969. The van der Waals surface area contributed by atoms with E-state index in [1.54, 1.807) is 0 Å². The lowest BCUT2D eigenvalue weighted by Gasteiger charge is -2.10. The van der Waals surface area contributed by atoms with Gasteiger partial charge in [0, 0.05) is 10.8 Å². The van der Waals surface area contributed by atoms with Gasteiger partial charge in [0.25, 0.3) is 5.97 Å². The normalized spacial score (nSPS) is 12.0. The van der Waals surface area contributed by atoms with Gasteiger partial charge >= 0.3 is 0 Å². The first-order valence-electron chi connectivity index (χ1n) is 1.79. The van der Waals surface area contributed by atoms with Crippen molar-refractivity contribution in [1.82, 2.24) is 0 Å². The number of rotatable bonds is 2. The minimum Gasteiger partial charge on any atom is -0.344 e. The van der Waals surface area contributed by atoms with Crippen LogP contribution in [0.15, 0.2) is 0 Å². The fourth-order valence-electron chi connectivity index (χ4n) is 0.127. The Morgan fingerprint density at radius 3 is 1.71 bits per heavy atom. The van der Waals surface area contributed by atoms with E-state index in [-0.39, 0.29) is 6.42 Å². The number of hydrogen-bond donors (Lipinski definition) is 3. The van der Waals surface area contributed by atoms with E-state index >= 15 is 0 Å². The van der Waals surface area contributed by atoms with Gasteiger partial charge in [-0.3, -0.25) is 0 Å². The first-order chi connectivity index (χ1) is 3.06. The van der Waals surface area contributed by atoms with Crippen LogP contribution < -0.4 is 0 Å². The van der Waals surface area contributed by atoms with Crippen LogP contribution in [0.25, 0.3) is 0 Å². The summed E-state index contributed by atoms with van der Waals surface area (Å²) >= 11 is 1.93. The average Bonchev–Trinajstić information content (AvgIpc) is 1.30. The first-order valence-corrected chi connectivity index (χ1v) is 3.32. The molecule has 0 bridgehead atoms. The standard InChI is InChI=1S/C3H7IO3/c4-2-1-3(5,6)7/h5-7H,1-2H2. The predicted octanol–water partition coefficient (Wildman–Crippen LogP) is -0.558. The second-order valence-electron chi connectivity index (χ2n) is 1.21. The SMILES string of the molecule is OC(O)(O)CCI. The van der Waals surface area contributed by atoms with Gasteiger partial charge in [0.15, 0.2) is 0 Å². The van der Waals surface area contributed by atoms with E-state index < -0.39 is 5.97 Å². The number of halogens is 1. The molecule has 0 radical (unpaired) electrons. The molecule has 0 rings (SSSR count). The van der Waals surface area contributed by atoms with Crippen molar-refractivity contribution in [3.8, 4) is 0 Å². The summed E-state index contributed by atoms with van der Waals surface area (Å²) in [4.78, 5) is 0. The van der Waals surface area contributed by atoms with Crippen LogP contribution in [-0.2, 0) is 0 Å². The van der Waals surface area contributed by atoms with E-state index in [0.29, 0.717) is 4.43 Å². The summed E-state index contributed by atoms with van der Waals surface area (Å²) < 4.78 is 0.529. The van der Waals surface area contributed by atoms with Gasteiger partial charge in [-0.25, -0.2) is 0 Å². The molecule has 0 heterocycles. The van der Waals surface area contributed by atoms with Crippen LogP contribution in [0.4, 0.5) is 0 Å². The van der Waals surface area contributed by atoms with E-state index in [2.05, 4.69) is 0 Å². The highest BCUT2D eigenvalue weighted by molar-refractivity contribution is 14.1. The van der Waals surface area contributed by atoms with Crippen LogP contribution >= 0.6 is 22.6 Å². The van der Waals surface area contributed by atoms with Gasteiger partial charge in [0.05, 0.1) is 0 Å². The Balaban J connectivity index is 3.15. The highest BCUT2D eigenvalue weighted by Gasteiger charge is 2.15. The third-order valence-electron chi connectivity index (χ3n) is 0.430. The smallest absolute Gasteiger partial charge is 0.276 e. The fourth-order valence-corrected chi connectivity index (χ4v) is 0.850. The molecular weight excluding hydrogens is 211 g/mol. The largest absolute Gasteiger partial charge is 0.344 e. The summed E-state index contributed by atoms with van der Waals surface area (Å²) in [5.41, 5.74) is 0. The van der Waals surface area contributed by atoms with E-state index in [9.17, 15) is 0 Å². The van der Waals surface area contributed by atoms with Crippen molar-refractivity contribution in [2.75, 3.05) is 4.43 Å². The van der Waals surface area contributed by atoms with Crippen LogP contribution in [0.2, 0.25) is 0 Å². The maximum Gasteiger partial charge on any atom is 0.276 e. The molecule has 0 aliphatic carbocycles. The second kappa shape index (κ2) is 2.81. The average molecular weight is 218 g/mol. The molecule has 0 aromatic heterocycles. The molecule has 0 aromatic rings. The van der Waals surface area contributed by atoms with Gasteiger partial charge in [-0.2, -0.15) is 0 Å². The molecule has 0 atom stereocenters. The molecule has 4 heteroatoms. The molecule has 0 saturated heterocycles. The quantitative estimate of drug-likeness (QED) is 0.331. The third kappa shape index (κ3) is 6.61. The summed E-state index contributed by atoms with van der Waals surface area (Å²) in [6, 6.07) is 0. The molecule has 0 spiro atoms. The molecule has 7 heavy (non-hydrogen) atoms. The monoisotopic (exact) mass is 218 g/mol. The Hall–Kier alpha value is 0.610. The molecule has 3 nitrogen and oxygen atoms in total. The fraction of sp³-hybridized carbons (Fsp3) is 1.00. The first kappa shape index (κ1) is 7.61. The second-order valence-corrected chi connectivity index (χ2v) is 2.29. The summed E-state index contributed by atoms with van der Waals surface area (Å²) in [5.74, 6) is -2.46. The highest BCUT2D eigenvalue weighted by atomic mass is 127. The van der Waals surface area contributed by atoms with Crippen molar-refractivity contribution in [3.63, 3.8) is 0 Å². The lowest BCUT2D eigenvalue weighted by molar-refractivity contribution is -0.311. The van der Waals surface area contributed by atoms with Crippen molar-refractivity contribution >= 4 is 22.6 Å².